The van der Waals surface area contributed by atoms with Crippen LogP contribution in [0.4, 0.5) is 0 Å². The van der Waals surface area contributed by atoms with E-state index in [1.807, 2.05) is 19.1 Å². The molecule has 5 heteroatoms. The molecule has 0 saturated carbocycles. The Morgan fingerprint density at radius 1 is 1.21 bits per heavy atom. The molecular formula is C14H23NO4. The first-order valence-corrected chi connectivity index (χ1v) is 6.33. The van der Waals surface area contributed by atoms with Gasteiger partial charge in [0, 0.05) is 6.54 Å². The first-order valence-electron chi connectivity index (χ1n) is 6.33. The van der Waals surface area contributed by atoms with Crippen molar-refractivity contribution in [2.45, 2.75) is 19.4 Å². The number of hydrogen-bond acceptors (Lipinski definition) is 5. The molecule has 3 N–H and O–H groups in total. The van der Waals surface area contributed by atoms with E-state index in [1.54, 1.807) is 14.2 Å². The van der Waals surface area contributed by atoms with Gasteiger partial charge in [0.05, 0.1) is 26.9 Å². The quantitative estimate of drug-likeness (QED) is 0.599. The molecule has 5 nitrogen and oxygen atoms in total. The molecule has 1 aromatic carbocycles. The van der Waals surface area contributed by atoms with E-state index in [2.05, 4.69) is 5.32 Å². The van der Waals surface area contributed by atoms with Crippen LogP contribution in [0, 0.1) is 6.92 Å². The number of methoxy groups -OCH3 is 2. The smallest absolute Gasteiger partial charge is 0.161 e. The fourth-order valence-electron chi connectivity index (χ4n) is 1.85. The Balaban J connectivity index is 2.58. The molecule has 0 fully saturated rings. The molecule has 1 unspecified atom stereocenters. The molecule has 108 valence electrons. The summed E-state index contributed by atoms with van der Waals surface area (Å²) in [4.78, 5) is 0. The first kappa shape index (κ1) is 15.8. The molecule has 0 aliphatic carbocycles. The van der Waals surface area contributed by atoms with E-state index >= 15 is 0 Å². The number of nitrogens with one attached hydrogen (secondary N) is 1. The third-order valence-corrected chi connectivity index (χ3v) is 3.00. The van der Waals surface area contributed by atoms with Gasteiger partial charge in [0.25, 0.3) is 0 Å². The molecule has 0 heterocycles. The molecule has 0 aliphatic heterocycles. The lowest BCUT2D eigenvalue weighted by molar-refractivity contribution is 0.0947. The molecule has 1 atom stereocenters. The Kier molecular flexibility index (Phi) is 6.62. The summed E-state index contributed by atoms with van der Waals surface area (Å²) in [7, 11) is 3.24. The molecule has 1 aromatic rings. The van der Waals surface area contributed by atoms with Gasteiger partial charge in [-0.2, -0.15) is 0 Å². The lowest BCUT2D eigenvalue weighted by Gasteiger charge is -2.13. The van der Waals surface area contributed by atoms with Crippen molar-refractivity contribution in [1.82, 2.24) is 5.32 Å². The number of aryl methyl sites for hydroxylation is 1. The zero-order valence-corrected chi connectivity index (χ0v) is 11.8. The van der Waals surface area contributed by atoms with E-state index in [0.29, 0.717) is 6.54 Å². The van der Waals surface area contributed by atoms with Crippen molar-refractivity contribution in [1.29, 1.82) is 0 Å². The van der Waals surface area contributed by atoms with Gasteiger partial charge in [0.1, 0.15) is 0 Å². The molecule has 0 amide bonds. The minimum atomic E-state index is -0.702. The van der Waals surface area contributed by atoms with Crippen LogP contribution < -0.4 is 14.8 Å². The van der Waals surface area contributed by atoms with Gasteiger partial charge in [-0.1, -0.05) is 0 Å². The largest absolute Gasteiger partial charge is 0.493 e. The molecule has 0 aliphatic rings. The molecule has 1 rings (SSSR count). The third kappa shape index (κ3) is 4.70. The van der Waals surface area contributed by atoms with Crippen molar-refractivity contribution in [2.24, 2.45) is 0 Å². The Morgan fingerprint density at radius 3 is 2.42 bits per heavy atom. The monoisotopic (exact) mass is 269 g/mol. The summed E-state index contributed by atoms with van der Waals surface area (Å²) in [5, 5.41) is 21.0. The van der Waals surface area contributed by atoms with Crippen LogP contribution in [0.1, 0.15) is 11.1 Å². The maximum Gasteiger partial charge on any atom is 0.161 e. The number of aliphatic hydroxyl groups is 2. The minimum Gasteiger partial charge on any atom is -0.493 e. The fourth-order valence-corrected chi connectivity index (χ4v) is 1.85. The van der Waals surface area contributed by atoms with Crippen LogP contribution in [0.15, 0.2) is 12.1 Å². The predicted molar refractivity (Wildman–Crippen MR) is 73.9 cm³/mol. The standard InChI is InChI=1S/C14H23NO4/c1-10-6-13(18-2)14(19-3)7-11(10)4-5-15-8-12(17)9-16/h6-7,12,15-17H,4-5,8-9H2,1-3H3. The molecule has 0 aromatic heterocycles. The summed E-state index contributed by atoms with van der Waals surface area (Å²) in [6, 6.07) is 3.93. The second kappa shape index (κ2) is 7.99. The average molecular weight is 269 g/mol. The molecule has 0 saturated heterocycles. The van der Waals surface area contributed by atoms with E-state index < -0.39 is 6.10 Å². The number of aliphatic hydroxyl groups excluding tert-OH is 2. The van der Waals surface area contributed by atoms with Crippen molar-refractivity contribution in [3.63, 3.8) is 0 Å². The SMILES string of the molecule is COc1cc(C)c(CCNCC(O)CO)cc1OC. The second-order valence-electron chi connectivity index (χ2n) is 4.42. The van der Waals surface area contributed by atoms with E-state index in [0.717, 1.165) is 30.0 Å². The highest BCUT2D eigenvalue weighted by Crippen LogP contribution is 2.30. The second-order valence-corrected chi connectivity index (χ2v) is 4.42. The van der Waals surface area contributed by atoms with Crippen LogP contribution in [0.2, 0.25) is 0 Å². The highest BCUT2D eigenvalue weighted by molar-refractivity contribution is 5.47. The van der Waals surface area contributed by atoms with Crippen LogP contribution >= 0.6 is 0 Å². The zero-order valence-electron chi connectivity index (χ0n) is 11.8. The summed E-state index contributed by atoms with van der Waals surface area (Å²) >= 11 is 0. The average Bonchev–Trinajstić information content (AvgIpc) is 2.43. The number of benzene rings is 1. The van der Waals surface area contributed by atoms with Gasteiger partial charge >= 0.3 is 0 Å². The summed E-state index contributed by atoms with van der Waals surface area (Å²) < 4.78 is 10.5. The van der Waals surface area contributed by atoms with Crippen molar-refractivity contribution < 1.29 is 19.7 Å². The predicted octanol–water partition coefficient (Wildman–Crippen LogP) is 0.498. The normalized spacial score (nSPS) is 12.3. The molecule has 19 heavy (non-hydrogen) atoms. The highest BCUT2D eigenvalue weighted by Gasteiger charge is 2.08. The Hall–Kier alpha value is -1.30. The maximum atomic E-state index is 9.21. The Morgan fingerprint density at radius 2 is 1.84 bits per heavy atom. The number of rotatable bonds is 8. The topological polar surface area (TPSA) is 71.0 Å². The van der Waals surface area contributed by atoms with Crippen LogP contribution in [0.3, 0.4) is 0 Å². The van der Waals surface area contributed by atoms with Crippen LogP contribution in [-0.4, -0.2) is 50.2 Å². The maximum absolute atomic E-state index is 9.21. The van der Waals surface area contributed by atoms with Crippen molar-refractivity contribution >= 4 is 0 Å². The Labute approximate surface area is 114 Å². The summed E-state index contributed by atoms with van der Waals surface area (Å²) in [6.45, 7) is 2.93. The third-order valence-electron chi connectivity index (χ3n) is 3.00. The summed E-state index contributed by atoms with van der Waals surface area (Å²) in [5.74, 6) is 1.45. The van der Waals surface area contributed by atoms with E-state index in [1.165, 1.54) is 5.56 Å². The van der Waals surface area contributed by atoms with Crippen LogP contribution in [-0.2, 0) is 6.42 Å². The highest BCUT2D eigenvalue weighted by atomic mass is 16.5. The fraction of sp³-hybridized carbons (Fsp3) is 0.571. The lowest BCUT2D eigenvalue weighted by atomic mass is 10.0. The van der Waals surface area contributed by atoms with Gasteiger partial charge in [-0.3, -0.25) is 0 Å². The molecule has 0 spiro atoms. The number of ether oxygens (including phenoxy) is 2. The van der Waals surface area contributed by atoms with E-state index in [4.69, 9.17) is 14.6 Å². The zero-order chi connectivity index (χ0) is 14.3. The minimum absolute atomic E-state index is 0.220. The lowest BCUT2D eigenvalue weighted by Crippen LogP contribution is -2.30. The van der Waals surface area contributed by atoms with Crippen molar-refractivity contribution in [3.8, 4) is 11.5 Å². The van der Waals surface area contributed by atoms with Crippen molar-refractivity contribution in [3.05, 3.63) is 23.3 Å². The molecular weight excluding hydrogens is 246 g/mol. The van der Waals surface area contributed by atoms with Crippen LogP contribution in [0.25, 0.3) is 0 Å². The molecule has 0 radical (unpaired) electrons. The van der Waals surface area contributed by atoms with Gasteiger partial charge in [-0.25, -0.2) is 0 Å². The molecule has 0 bridgehead atoms. The van der Waals surface area contributed by atoms with E-state index in [-0.39, 0.29) is 6.61 Å². The van der Waals surface area contributed by atoms with Crippen molar-refractivity contribution in [2.75, 3.05) is 33.9 Å². The van der Waals surface area contributed by atoms with Gasteiger partial charge in [-0.05, 0) is 43.1 Å². The summed E-state index contributed by atoms with van der Waals surface area (Å²) in [5.41, 5.74) is 2.31. The van der Waals surface area contributed by atoms with Crippen LogP contribution in [0.5, 0.6) is 11.5 Å². The Bertz CT molecular complexity index is 395. The number of hydrogen-bond donors (Lipinski definition) is 3. The first-order chi connectivity index (χ1) is 9.12. The van der Waals surface area contributed by atoms with E-state index in [9.17, 15) is 5.11 Å². The van der Waals surface area contributed by atoms with Gasteiger partial charge in [0.2, 0.25) is 0 Å². The van der Waals surface area contributed by atoms with Gasteiger partial charge in [-0.15, -0.1) is 0 Å². The van der Waals surface area contributed by atoms with Gasteiger partial charge < -0.3 is 25.0 Å². The summed E-state index contributed by atoms with van der Waals surface area (Å²) in [6.07, 6.45) is 0.121. The van der Waals surface area contributed by atoms with Gasteiger partial charge in [0.15, 0.2) is 11.5 Å².